The van der Waals surface area contributed by atoms with Crippen molar-refractivity contribution < 1.29 is 27.7 Å². The molecule has 0 aliphatic carbocycles. The molecule has 0 spiro atoms. The van der Waals surface area contributed by atoms with E-state index in [2.05, 4.69) is 0 Å². The van der Waals surface area contributed by atoms with Crippen molar-refractivity contribution in [3.8, 4) is 44.5 Å². The van der Waals surface area contributed by atoms with Crippen molar-refractivity contribution in [2.75, 3.05) is 4.90 Å². The van der Waals surface area contributed by atoms with E-state index in [1.165, 1.54) is 0 Å². The molecule has 0 N–H and O–H groups in total. The van der Waals surface area contributed by atoms with Gasteiger partial charge in [0.05, 0.1) is 34.4 Å². The van der Waals surface area contributed by atoms with Crippen molar-refractivity contribution in [3.63, 3.8) is 0 Å². The summed E-state index contributed by atoms with van der Waals surface area (Å²) >= 11 is 0. The standard InChI is InChI=1S/C56H37NO/c1-2-10-38(11-3-1)40-20-22-41(23-21-40)42-26-31-49(32-27-42)57(53-18-9-19-54-55(53)52-35-30-44-13-6-7-17-51(44)56(52)58-54)50-33-28-43(29-34-50)46-15-8-16-47(36-46)48-25-24-39-12-4-5-14-45(39)37-48/h1-37H/i1D,2D,3D,10D,11D,20D,21D,22D,23D,26D,27D,28D,29D,31D,32D,33D,34D. The monoisotopic (exact) mass is 756 g/mol. The average molecular weight is 757 g/mol. The maximum absolute atomic E-state index is 9.77. The van der Waals surface area contributed by atoms with Crippen LogP contribution in [0.1, 0.15) is 23.3 Å². The van der Waals surface area contributed by atoms with Gasteiger partial charge in [-0.1, -0.05) is 170 Å². The van der Waals surface area contributed by atoms with Crippen LogP contribution in [0.4, 0.5) is 17.1 Å². The van der Waals surface area contributed by atoms with E-state index in [0.717, 1.165) is 37.6 Å². The minimum atomic E-state index is -0.884. The van der Waals surface area contributed by atoms with E-state index in [-0.39, 0.29) is 11.3 Å². The Labute approximate surface area is 361 Å². The molecule has 0 saturated heterocycles. The van der Waals surface area contributed by atoms with E-state index in [1.807, 2.05) is 78.9 Å². The molecule has 1 heterocycles. The lowest BCUT2D eigenvalue weighted by atomic mass is 9.97. The summed E-state index contributed by atoms with van der Waals surface area (Å²) in [4.78, 5) is 1.14. The smallest absolute Gasteiger partial charge is 0.143 e. The van der Waals surface area contributed by atoms with Crippen LogP contribution in [0.25, 0.3) is 88.0 Å². The van der Waals surface area contributed by atoms with Crippen LogP contribution >= 0.6 is 0 Å². The Balaban J connectivity index is 1.17. The Morgan fingerprint density at radius 2 is 0.897 bits per heavy atom. The van der Waals surface area contributed by atoms with Crippen molar-refractivity contribution in [1.82, 2.24) is 0 Å². The normalized spacial score (nSPS) is 15.6. The third kappa shape index (κ3) is 6.00. The molecule has 0 atom stereocenters. The predicted octanol–water partition coefficient (Wildman–Crippen LogP) is 16.0. The minimum Gasteiger partial charge on any atom is -0.455 e. The molecule has 2 nitrogen and oxygen atoms in total. The van der Waals surface area contributed by atoms with Gasteiger partial charge < -0.3 is 9.32 Å². The van der Waals surface area contributed by atoms with Gasteiger partial charge in [0.1, 0.15) is 11.2 Å². The topological polar surface area (TPSA) is 16.4 Å². The molecule has 0 aliphatic rings. The average Bonchev–Trinajstić information content (AvgIpc) is 3.82. The highest BCUT2D eigenvalue weighted by molar-refractivity contribution is 6.19. The van der Waals surface area contributed by atoms with Crippen molar-refractivity contribution >= 4 is 60.5 Å². The maximum atomic E-state index is 9.77. The second kappa shape index (κ2) is 14.1. The molecule has 1 aromatic heterocycles. The summed E-state index contributed by atoms with van der Waals surface area (Å²) in [5, 5.41) is 4.54. The van der Waals surface area contributed by atoms with Crippen LogP contribution in [0.5, 0.6) is 0 Å². The van der Waals surface area contributed by atoms with Gasteiger partial charge in [0.15, 0.2) is 0 Å². The summed E-state index contributed by atoms with van der Waals surface area (Å²) in [6, 6.07) is 24.1. The fraction of sp³-hybridized carbons (Fsp3) is 0. The van der Waals surface area contributed by atoms with Crippen LogP contribution in [0.2, 0.25) is 0 Å². The molecule has 2 heteroatoms. The molecule has 0 saturated carbocycles. The molecule has 0 aliphatic heterocycles. The lowest BCUT2D eigenvalue weighted by molar-refractivity contribution is 0.672. The fourth-order valence-electron chi connectivity index (χ4n) is 7.34. The number of rotatable bonds is 7. The highest BCUT2D eigenvalue weighted by atomic mass is 16.3. The Hall–Kier alpha value is -7.68. The first-order chi connectivity index (χ1) is 35.8. The highest BCUT2D eigenvalue weighted by Crippen LogP contribution is 2.45. The quantitative estimate of drug-likeness (QED) is 0.161. The first-order valence-electron chi connectivity index (χ1n) is 26.9. The Kier molecular flexibility index (Phi) is 4.98. The van der Waals surface area contributed by atoms with E-state index in [9.17, 15) is 11.0 Å². The van der Waals surface area contributed by atoms with Crippen LogP contribution < -0.4 is 4.90 Å². The largest absolute Gasteiger partial charge is 0.455 e. The first kappa shape index (κ1) is 20.5. The molecule has 58 heavy (non-hydrogen) atoms. The van der Waals surface area contributed by atoms with Gasteiger partial charge in [-0.25, -0.2) is 0 Å². The van der Waals surface area contributed by atoms with Gasteiger partial charge in [-0.3, -0.25) is 0 Å². The van der Waals surface area contributed by atoms with Crippen LogP contribution in [0.15, 0.2) is 228 Å². The van der Waals surface area contributed by atoms with Crippen molar-refractivity contribution in [1.29, 1.82) is 0 Å². The highest BCUT2D eigenvalue weighted by Gasteiger charge is 2.20. The molecular weight excluding hydrogens is 703 g/mol. The molecule has 0 fully saturated rings. The van der Waals surface area contributed by atoms with Gasteiger partial charge in [0.25, 0.3) is 0 Å². The van der Waals surface area contributed by atoms with Crippen LogP contribution in [-0.4, -0.2) is 0 Å². The molecule has 0 radical (unpaired) electrons. The molecule has 10 aromatic carbocycles. The summed E-state index contributed by atoms with van der Waals surface area (Å²) in [6.07, 6.45) is 0. The summed E-state index contributed by atoms with van der Waals surface area (Å²) < 4.78 is 162. The van der Waals surface area contributed by atoms with Crippen LogP contribution in [0, 0.1) is 0 Å². The zero-order chi connectivity index (χ0) is 53.2. The fourth-order valence-corrected chi connectivity index (χ4v) is 7.34. The third-order valence-corrected chi connectivity index (χ3v) is 10.1. The Morgan fingerprint density at radius 1 is 0.362 bits per heavy atom. The van der Waals surface area contributed by atoms with Crippen LogP contribution in [-0.2, 0) is 0 Å². The number of fused-ring (bicyclic) bond motifs is 6. The van der Waals surface area contributed by atoms with E-state index in [4.69, 9.17) is 16.8 Å². The van der Waals surface area contributed by atoms with E-state index in [0.29, 0.717) is 27.5 Å². The maximum Gasteiger partial charge on any atom is 0.143 e. The SMILES string of the molecule is [2H]c1c([2H])c([2H])c(-c2c([2H])c([2H])c(-c3c([2H])c([2H])c(N(c4c([2H])c([2H])c(-c5cccc(-c6ccc7ccccc7c6)c5)c([2H])c4[2H])c4cccc5oc6c7ccccc7ccc6c45)c([2H])c3[2H])c([2H])c2[2H])c([2H])c1[2H]. The molecule has 0 amide bonds. The number of hydrogen-bond donors (Lipinski definition) is 0. The van der Waals surface area contributed by atoms with Gasteiger partial charge >= 0.3 is 0 Å². The number of hydrogen-bond acceptors (Lipinski definition) is 2. The van der Waals surface area contributed by atoms with Gasteiger partial charge in [0, 0.05) is 22.1 Å². The Morgan fingerprint density at radius 3 is 1.60 bits per heavy atom. The first-order valence-corrected chi connectivity index (χ1v) is 18.4. The molecule has 11 aromatic rings. The predicted molar refractivity (Wildman–Crippen MR) is 245 cm³/mol. The van der Waals surface area contributed by atoms with Gasteiger partial charge in [-0.15, -0.1) is 0 Å². The zero-order valence-electron chi connectivity index (χ0n) is 47.4. The summed E-state index contributed by atoms with van der Waals surface area (Å²) in [5.74, 6) is 0. The van der Waals surface area contributed by atoms with E-state index < -0.39 is 136 Å². The van der Waals surface area contributed by atoms with Crippen molar-refractivity contribution in [3.05, 3.63) is 224 Å². The number of benzene rings is 10. The summed E-state index contributed by atoms with van der Waals surface area (Å²) in [7, 11) is 0. The lowest BCUT2D eigenvalue weighted by Gasteiger charge is -2.26. The minimum absolute atomic E-state index is 0.0416. The number of nitrogens with zero attached hydrogens (tertiary/aromatic N) is 1. The molecular formula is C56H37NO. The second-order valence-electron chi connectivity index (χ2n) is 13.6. The second-order valence-corrected chi connectivity index (χ2v) is 13.6. The van der Waals surface area contributed by atoms with Crippen LogP contribution in [0.3, 0.4) is 0 Å². The van der Waals surface area contributed by atoms with Gasteiger partial charge in [-0.2, -0.15) is 0 Å². The summed E-state index contributed by atoms with van der Waals surface area (Å²) in [5.41, 5.74) is -0.783. The third-order valence-electron chi connectivity index (χ3n) is 10.1. The Bertz CT molecular complexity index is 4190. The zero-order valence-corrected chi connectivity index (χ0v) is 30.4. The van der Waals surface area contributed by atoms with Crippen molar-refractivity contribution in [2.45, 2.75) is 0 Å². The van der Waals surface area contributed by atoms with E-state index in [1.54, 1.807) is 42.5 Å². The van der Waals surface area contributed by atoms with Gasteiger partial charge in [-0.05, 0) is 115 Å². The molecule has 11 rings (SSSR count). The van der Waals surface area contributed by atoms with Gasteiger partial charge in [0.2, 0.25) is 0 Å². The summed E-state index contributed by atoms with van der Waals surface area (Å²) in [6.45, 7) is 0. The number of anilines is 3. The van der Waals surface area contributed by atoms with E-state index >= 15 is 0 Å². The molecule has 272 valence electrons. The molecule has 0 bridgehead atoms. The molecule has 0 unspecified atom stereocenters. The lowest BCUT2D eigenvalue weighted by Crippen LogP contribution is -2.10. The number of furan rings is 1. The van der Waals surface area contributed by atoms with Crippen molar-refractivity contribution in [2.24, 2.45) is 0 Å².